The maximum atomic E-state index is 12.8. The Morgan fingerprint density at radius 1 is 1.48 bits per heavy atom. The molecule has 1 aliphatic rings. The number of amides is 1. The molecule has 6 heteroatoms. The summed E-state index contributed by atoms with van der Waals surface area (Å²) in [6.45, 7) is 2.93. The molecule has 0 bridgehead atoms. The van der Waals surface area contributed by atoms with Crippen LogP contribution in [-0.4, -0.2) is 44.7 Å². The Hall–Kier alpha value is -0.680. The Balaban J connectivity index is 2.12. The summed E-state index contributed by atoms with van der Waals surface area (Å²) in [5.74, 6) is 2.05. The van der Waals surface area contributed by atoms with Gasteiger partial charge in [0.15, 0.2) is 5.69 Å². The number of carbonyl (C=O) groups is 1. The van der Waals surface area contributed by atoms with Crippen LogP contribution < -0.4 is 0 Å². The molecule has 1 saturated carbocycles. The number of rotatable bonds is 6. The van der Waals surface area contributed by atoms with Crippen LogP contribution in [0.2, 0.25) is 5.02 Å². The minimum Gasteiger partial charge on any atom is -0.333 e. The first-order valence-electron chi connectivity index (χ1n) is 7.71. The normalized spacial score (nSPS) is 16.1. The summed E-state index contributed by atoms with van der Waals surface area (Å²) in [5.41, 5.74) is 0.395. The lowest BCUT2D eigenvalue weighted by Crippen LogP contribution is -2.43. The highest BCUT2D eigenvalue weighted by Gasteiger charge is 2.28. The van der Waals surface area contributed by atoms with Gasteiger partial charge in [-0.15, -0.1) is 0 Å². The summed E-state index contributed by atoms with van der Waals surface area (Å²) in [6, 6.07) is 0.349. The number of halogens is 1. The number of aryl methyl sites for hydroxylation is 1. The smallest absolute Gasteiger partial charge is 0.276 e. The predicted octanol–water partition coefficient (Wildman–Crippen LogP) is 3.60. The van der Waals surface area contributed by atoms with Gasteiger partial charge in [-0.05, 0) is 18.6 Å². The number of carbonyl (C=O) groups excluding carboxylic acids is 1. The minimum absolute atomic E-state index is 0.01000. The standard InChI is InChI=1S/C15H24ClN3OS/c1-3-21-10-9-19(12-7-5-4-6-8-12)15(20)14-13(16)11-18(2)17-14/h11-12H,3-10H2,1-2H3. The number of hydrogen-bond acceptors (Lipinski definition) is 3. The second kappa shape index (κ2) is 8.08. The number of thioether (sulfide) groups is 1. The molecule has 118 valence electrons. The molecule has 0 aromatic carbocycles. The molecule has 1 aromatic rings. The van der Waals surface area contributed by atoms with Crippen LogP contribution in [0.25, 0.3) is 0 Å². The highest BCUT2D eigenvalue weighted by molar-refractivity contribution is 7.99. The third kappa shape index (κ3) is 4.39. The molecule has 0 aliphatic heterocycles. The average molecular weight is 330 g/mol. The van der Waals surface area contributed by atoms with E-state index in [1.165, 1.54) is 19.3 Å². The van der Waals surface area contributed by atoms with Gasteiger partial charge in [0, 0.05) is 31.6 Å². The van der Waals surface area contributed by atoms with Gasteiger partial charge < -0.3 is 4.90 Å². The SMILES string of the molecule is CCSCCN(C(=O)c1nn(C)cc1Cl)C1CCCCC1. The van der Waals surface area contributed by atoms with Gasteiger partial charge in [0.05, 0.1) is 5.02 Å². The largest absolute Gasteiger partial charge is 0.333 e. The molecular weight excluding hydrogens is 306 g/mol. The second-order valence-corrected chi connectivity index (χ2v) is 7.29. The molecule has 0 unspecified atom stereocenters. The highest BCUT2D eigenvalue weighted by atomic mass is 35.5. The van der Waals surface area contributed by atoms with Crippen molar-refractivity contribution in [1.82, 2.24) is 14.7 Å². The van der Waals surface area contributed by atoms with Crippen molar-refractivity contribution in [3.05, 3.63) is 16.9 Å². The van der Waals surface area contributed by atoms with Crippen LogP contribution >= 0.6 is 23.4 Å². The Labute approximate surface area is 136 Å². The van der Waals surface area contributed by atoms with Crippen molar-refractivity contribution in [3.8, 4) is 0 Å². The molecule has 0 radical (unpaired) electrons. The maximum absolute atomic E-state index is 12.8. The van der Waals surface area contributed by atoms with Crippen LogP contribution in [-0.2, 0) is 7.05 Å². The predicted molar refractivity (Wildman–Crippen MR) is 89.1 cm³/mol. The van der Waals surface area contributed by atoms with Gasteiger partial charge in [0.25, 0.3) is 5.91 Å². The Morgan fingerprint density at radius 3 is 2.76 bits per heavy atom. The van der Waals surface area contributed by atoms with Gasteiger partial charge in [0.2, 0.25) is 0 Å². The van der Waals surface area contributed by atoms with Crippen LogP contribution in [0.3, 0.4) is 0 Å². The van der Waals surface area contributed by atoms with Crippen molar-refractivity contribution >= 4 is 29.3 Å². The van der Waals surface area contributed by atoms with Gasteiger partial charge in [-0.2, -0.15) is 16.9 Å². The lowest BCUT2D eigenvalue weighted by Gasteiger charge is -2.34. The van der Waals surface area contributed by atoms with Gasteiger partial charge in [-0.1, -0.05) is 37.8 Å². The summed E-state index contributed by atoms with van der Waals surface area (Å²) in [7, 11) is 1.79. The molecule has 2 rings (SSSR count). The number of aromatic nitrogens is 2. The average Bonchev–Trinajstić information content (AvgIpc) is 2.83. The summed E-state index contributed by atoms with van der Waals surface area (Å²) < 4.78 is 1.61. The lowest BCUT2D eigenvalue weighted by atomic mass is 9.94. The van der Waals surface area contributed by atoms with E-state index in [-0.39, 0.29) is 5.91 Å². The molecule has 0 atom stereocenters. The summed E-state index contributed by atoms with van der Waals surface area (Å²) >= 11 is 8.02. The van der Waals surface area contributed by atoms with E-state index in [2.05, 4.69) is 12.0 Å². The van der Waals surface area contributed by atoms with Crippen LogP contribution in [0, 0.1) is 0 Å². The minimum atomic E-state index is -0.01000. The van der Waals surface area contributed by atoms with Crippen molar-refractivity contribution in [2.45, 2.75) is 45.1 Å². The highest BCUT2D eigenvalue weighted by Crippen LogP contribution is 2.25. The van der Waals surface area contributed by atoms with Gasteiger partial charge in [-0.25, -0.2) is 0 Å². The van der Waals surface area contributed by atoms with Crippen LogP contribution in [0.5, 0.6) is 0 Å². The zero-order chi connectivity index (χ0) is 15.2. The summed E-state index contributed by atoms with van der Waals surface area (Å²) in [6.07, 6.45) is 7.61. The molecule has 0 spiro atoms. The topological polar surface area (TPSA) is 38.1 Å². The molecule has 0 N–H and O–H groups in total. The maximum Gasteiger partial charge on any atom is 0.276 e. The molecule has 21 heavy (non-hydrogen) atoms. The van der Waals surface area contributed by atoms with Crippen molar-refractivity contribution in [2.24, 2.45) is 7.05 Å². The quantitative estimate of drug-likeness (QED) is 0.748. The summed E-state index contributed by atoms with van der Waals surface area (Å²) in [5, 5.41) is 4.69. The van der Waals surface area contributed by atoms with Crippen LogP contribution in [0.1, 0.15) is 49.5 Å². The summed E-state index contributed by atoms with van der Waals surface area (Å²) in [4.78, 5) is 14.8. The second-order valence-electron chi connectivity index (χ2n) is 5.49. The fourth-order valence-corrected chi connectivity index (χ4v) is 3.76. The molecule has 1 aromatic heterocycles. The van der Waals surface area contributed by atoms with Crippen molar-refractivity contribution < 1.29 is 4.79 Å². The van der Waals surface area contributed by atoms with Crippen molar-refractivity contribution in [1.29, 1.82) is 0 Å². The molecule has 1 amide bonds. The fraction of sp³-hybridized carbons (Fsp3) is 0.733. The van der Waals surface area contributed by atoms with E-state index in [0.29, 0.717) is 16.8 Å². The first-order valence-corrected chi connectivity index (χ1v) is 9.24. The van der Waals surface area contributed by atoms with Crippen LogP contribution in [0.4, 0.5) is 0 Å². The molecule has 0 saturated heterocycles. The van der Waals surface area contributed by atoms with E-state index in [9.17, 15) is 4.79 Å². The number of nitrogens with zero attached hydrogens (tertiary/aromatic N) is 3. The molecule has 4 nitrogen and oxygen atoms in total. The first-order chi connectivity index (χ1) is 10.1. The Morgan fingerprint density at radius 2 is 2.19 bits per heavy atom. The van der Waals surface area contributed by atoms with Gasteiger partial charge in [-0.3, -0.25) is 9.48 Å². The van der Waals surface area contributed by atoms with E-state index >= 15 is 0 Å². The molecular formula is C15H24ClN3OS. The molecule has 1 aliphatic carbocycles. The van der Waals surface area contributed by atoms with Gasteiger partial charge in [0.1, 0.15) is 0 Å². The number of hydrogen-bond donors (Lipinski definition) is 0. The third-order valence-corrected chi connectivity index (χ3v) is 5.10. The molecule has 1 fully saturated rings. The monoisotopic (exact) mass is 329 g/mol. The van der Waals surface area contributed by atoms with E-state index in [1.807, 2.05) is 16.7 Å². The van der Waals surface area contributed by atoms with E-state index in [0.717, 1.165) is 30.9 Å². The Kier molecular flexibility index (Phi) is 6.42. The van der Waals surface area contributed by atoms with E-state index in [4.69, 9.17) is 11.6 Å². The molecule has 1 heterocycles. The van der Waals surface area contributed by atoms with E-state index < -0.39 is 0 Å². The lowest BCUT2D eigenvalue weighted by molar-refractivity contribution is 0.0644. The Bertz CT molecular complexity index is 471. The third-order valence-electron chi connectivity index (χ3n) is 3.94. The zero-order valence-corrected chi connectivity index (χ0v) is 14.4. The first kappa shape index (κ1) is 16.7. The van der Waals surface area contributed by atoms with E-state index in [1.54, 1.807) is 17.9 Å². The van der Waals surface area contributed by atoms with Crippen LogP contribution in [0.15, 0.2) is 6.20 Å². The fourth-order valence-electron chi connectivity index (χ4n) is 2.89. The zero-order valence-electron chi connectivity index (χ0n) is 12.8. The van der Waals surface area contributed by atoms with Crippen molar-refractivity contribution in [2.75, 3.05) is 18.1 Å². The van der Waals surface area contributed by atoms with Gasteiger partial charge >= 0.3 is 0 Å². The van der Waals surface area contributed by atoms with Crippen molar-refractivity contribution in [3.63, 3.8) is 0 Å².